The number of ether oxygens (including phenoxy) is 1. The largest absolute Gasteiger partial charge is 0.450 e. The minimum Gasteiger partial charge on any atom is -0.450 e. The molecule has 9 heteroatoms. The van der Waals surface area contributed by atoms with Gasteiger partial charge in [0.2, 0.25) is 0 Å². The standard InChI is InChI=1S/C17H19F2N5O2/c1-2-26-17(25)24-7-5-23(6-8-24)16-10-15(20-11-21-16)22-12-3-4-13(18)14(19)9-12/h3-4,9-11H,2,5-8H2,1H3,(H,20,21,22). The molecule has 1 aliphatic rings. The lowest BCUT2D eigenvalue weighted by atomic mass is 10.3. The Kier molecular flexibility index (Phi) is 5.45. The van der Waals surface area contributed by atoms with Crippen LogP contribution in [0.2, 0.25) is 0 Å². The van der Waals surface area contributed by atoms with Crippen molar-refractivity contribution in [2.24, 2.45) is 0 Å². The van der Waals surface area contributed by atoms with Gasteiger partial charge in [0.05, 0.1) is 6.61 Å². The van der Waals surface area contributed by atoms with Gasteiger partial charge in [-0.05, 0) is 19.1 Å². The average Bonchev–Trinajstić information content (AvgIpc) is 2.65. The molecular formula is C17H19F2N5O2. The number of carbonyl (C=O) groups is 1. The number of benzene rings is 1. The highest BCUT2D eigenvalue weighted by Gasteiger charge is 2.22. The van der Waals surface area contributed by atoms with Gasteiger partial charge in [-0.1, -0.05) is 0 Å². The zero-order chi connectivity index (χ0) is 18.5. The topological polar surface area (TPSA) is 70.6 Å². The van der Waals surface area contributed by atoms with Gasteiger partial charge in [-0.15, -0.1) is 0 Å². The summed E-state index contributed by atoms with van der Waals surface area (Å²) in [4.78, 5) is 23.8. The van der Waals surface area contributed by atoms with Crippen molar-refractivity contribution in [1.82, 2.24) is 14.9 Å². The molecule has 1 aromatic carbocycles. The highest BCUT2D eigenvalue weighted by atomic mass is 19.2. The number of hydrogen-bond donors (Lipinski definition) is 1. The number of halogens is 2. The fraction of sp³-hybridized carbons (Fsp3) is 0.353. The summed E-state index contributed by atoms with van der Waals surface area (Å²) in [5.41, 5.74) is 0.390. The van der Waals surface area contributed by atoms with Crippen LogP contribution in [-0.4, -0.2) is 53.7 Å². The van der Waals surface area contributed by atoms with Gasteiger partial charge in [0.1, 0.15) is 18.0 Å². The summed E-state index contributed by atoms with van der Waals surface area (Å²) < 4.78 is 31.3. The maximum absolute atomic E-state index is 13.3. The number of aromatic nitrogens is 2. The molecule has 2 aromatic rings. The zero-order valence-corrected chi connectivity index (χ0v) is 14.3. The van der Waals surface area contributed by atoms with E-state index < -0.39 is 11.6 Å². The van der Waals surface area contributed by atoms with Crippen molar-refractivity contribution in [3.05, 3.63) is 42.2 Å². The van der Waals surface area contributed by atoms with Gasteiger partial charge >= 0.3 is 6.09 Å². The van der Waals surface area contributed by atoms with Crippen molar-refractivity contribution in [2.75, 3.05) is 43.0 Å². The lowest BCUT2D eigenvalue weighted by Gasteiger charge is -2.34. The van der Waals surface area contributed by atoms with Crippen molar-refractivity contribution in [3.8, 4) is 0 Å². The maximum atomic E-state index is 13.3. The van der Waals surface area contributed by atoms with E-state index >= 15 is 0 Å². The predicted molar refractivity (Wildman–Crippen MR) is 92.5 cm³/mol. The smallest absolute Gasteiger partial charge is 0.409 e. The molecule has 1 saturated heterocycles. The first kappa shape index (κ1) is 17.8. The van der Waals surface area contributed by atoms with Gasteiger partial charge in [0.15, 0.2) is 11.6 Å². The van der Waals surface area contributed by atoms with Crippen LogP contribution in [0.5, 0.6) is 0 Å². The summed E-state index contributed by atoms with van der Waals surface area (Å²) in [6, 6.07) is 5.27. The molecule has 1 amide bonds. The van der Waals surface area contributed by atoms with Crippen LogP contribution in [0.4, 0.5) is 30.9 Å². The molecule has 1 fully saturated rings. The fourth-order valence-corrected chi connectivity index (χ4v) is 2.64. The minimum absolute atomic E-state index is 0.310. The normalized spacial score (nSPS) is 14.3. The van der Waals surface area contributed by atoms with Crippen LogP contribution >= 0.6 is 0 Å². The van der Waals surface area contributed by atoms with Crippen molar-refractivity contribution in [3.63, 3.8) is 0 Å². The average molecular weight is 363 g/mol. The molecule has 3 rings (SSSR count). The Balaban J connectivity index is 1.64. The second kappa shape index (κ2) is 7.94. The molecule has 1 N–H and O–H groups in total. The molecule has 0 unspecified atom stereocenters. The van der Waals surface area contributed by atoms with E-state index in [2.05, 4.69) is 15.3 Å². The van der Waals surface area contributed by atoms with Crippen LogP contribution in [0.1, 0.15) is 6.92 Å². The lowest BCUT2D eigenvalue weighted by molar-refractivity contribution is 0.105. The highest BCUT2D eigenvalue weighted by molar-refractivity contribution is 5.68. The molecule has 0 saturated carbocycles. The highest BCUT2D eigenvalue weighted by Crippen LogP contribution is 2.21. The van der Waals surface area contributed by atoms with E-state index in [4.69, 9.17) is 4.74 Å². The maximum Gasteiger partial charge on any atom is 0.409 e. The molecule has 7 nitrogen and oxygen atoms in total. The van der Waals surface area contributed by atoms with E-state index in [-0.39, 0.29) is 6.09 Å². The summed E-state index contributed by atoms with van der Waals surface area (Å²) in [7, 11) is 0. The summed E-state index contributed by atoms with van der Waals surface area (Å²) in [5, 5.41) is 2.93. The van der Waals surface area contributed by atoms with Crippen LogP contribution in [0.25, 0.3) is 0 Å². The van der Waals surface area contributed by atoms with E-state index in [1.54, 1.807) is 17.9 Å². The van der Waals surface area contributed by atoms with Gasteiger partial charge in [-0.25, -0.2) is 23.5 Å². The molecule has 0 atom stereocenters. The molecule has 0 radical (unpaired) electrons. The van der Waals surface area contributed by atoms with E-state index in [9.17, 15) is 13.6 Å². The summed E-state index contributed by atoms with van der Waals surface area (Å²) in [6.45, 7) is 4.42. The molecular weight excluding hydrogens is 344 g/mol. The van der Waals surface area contributed by atoms with Gasteiger partial charge < -0.3 is 19.9 Å². The van der Waals surface area contributed by atoms with Crippen molar-refractivity contribution >= 4 is 23.4 Å². The zero-order valence-electron chi connectivity index (χ0n) is 14.3. The van der Waals surface area contributed by atoms with Crippen LogP contribution < -0.4 is 10.2 Å². The molecule has 2 heterocycles. The predicted octanol–water partition coefficient (Wildman–Crippen LogP) is 2.78. The van der Waals surface area contributed by atoms with Gasteiger partial charge in [-0.2, -0.15) is 0 Å². The van der Waals surface area contributed by atoms with E-state index in [1.165, 1.54) is 12.4 Å². The van der Waals surface area contributed by atoms with Crippen molar-refractivity contribution in [2.45, 2.75) is 6.92 Å². The number of amides is 1. The summed E-state index contributed by atoms with van der Waals surface area (Å²) >= 11 is 0. The monoisotopic (exact) mass is 363 g/mol. The third-order valence-electron chi connectivity index (χ3n) is 3.97. The molecule has 26 heavy (non-hydrogen) atoms. The third-order valence-corrected chi connectivity index (χ3v) is 3.97. The molecule has 0 spiro atoms. The van der Waals surface area contributed by atoms with Crippen LogP contribution in [0.15, 0.2) is 30.6 Å². The lowest BCUT2D eigenvalue weighted by Crippen LogP contribution is -2.49. The summed E-state index contributed by atoms with van der Waals surface area (Å²) in [6.07, 6.45) is 1.09. The van der Waals surface area contributed by atoms with E-state index in [0.29, 0.717) is 50.1 Å². The summed E-state index contributed by atoms with van der Waals surface area (Å²) in [5.74, 6) is -0.680. The fourth-order valence-electron chi connectivity index (χ4n) is 2.64. The molecule has 138 valence electrons. The molecule has 0 aliphatic carbocycles. The van der Waals surface area contributed by atoms with Gasteiger partial charge in [0, 0.05) is 44.0 Å². The van der Waals surface area contributed by atoms with Crippen LogP contribution in [-0.2, 0) is 4.74 Å². The number of piperazine rings is 1. The Morgan fingerprint density at radius 3 is 2.62 bits per heavy atom. The first-order valence-corrected chi connectivity index (χ1v) is 8.27. The Hall–Kier alpha value is -2.97. The SMILES string of the molecule is CCOC(=O)N1CCN(c2cc(Nc3ccc(F)c(F)c3)ncn2)CC1. The Morgan fingerprint density at radius 2 is 1.92 bits per heavy atom. The second-order valence-electron chi connectivity index (χ2n) is 5.69. The number of nitrogens with zero attached hydrogens (tertiary/aromatic N) is 4. The molecule has 0 bridgehead atoms. The number of anilines is 3. The third kappa shape index (κ3) is 4.16. The van der Waals surface area contributed by atoms with Crippen LogP contribution in [0.3, 0.4) is 0 Å². The number of rotatable bonds is 4. The van der Waals surface area contributed by atoms with Crippen molar-refractivity contribution < 1.29 is 18.3 Å². The first-order valence-electron chi connectivity index (χ1n) is 8.27. The van der Waals surface area contributed by atoms with E-state index in [0.717, 1.165) is 12.1 Å². The first-order chi connectivity index (χ1) is 12.6. The second-order valence-corrected chi connectivity index (χ2v) is 5.69. The Bertz CT molecular complexity index is 781. The Morgan fingerprint density at radius 1 is 1.15 bits per heavy atom. The van der Waals surface area contributed by atoms with Gasteiger partial charge in [0.25, 0.3) is 0 Å². The quantitative estimate of drug-likeness (QED) is 0.901. The molecule has 1 aliphatic heterocycles. The minimum atomic E-state index is -0.931. The van der Waals surface area contributed by atoms with Crippen molar-refractivity contribution in [1.29, 1.82) is 0 Å². The molecule has 1 aromatic heterocycles. The van der Waals surface area contributed by atoms with Gasteiger partial charge in [-0.3, -0.25) is 0 Å². The number of hydrogen-bond acceptors (Lipinski definition) is 6. The van der Waals surface area contributed by atoms with Crippen LogP contribution in [0, 0.1) is 11.6 Å². The number of nitrogens with one attached hydrogen (secondary N) is 1. The Labute approximate surface area is 149 Å². The van der Waals surface area contributed by atoms with E-state index in [1.807, 2.05) is 4.90 Å². The number of carbonyl (C=O) groups excluding carboxylic acids is 1.